The normalized spacial score (nSPS) is 12.0. The molecule has 10 heteroatoms. The molecular formula is C11H15N5O3S2. The van der Waals surface area contributed by atoms with Gasteiger partial charge in [0.1, 0.15) is 4.90 Å². The molecule has 2 rings (SSSR count). The van der Waals surface area contributed by atoms with Gasteiger partial charge < -0.3 is 5.73 Å². The average Bonchev–Trinajstić information content (AvgIpc) is 2.72. The van der Waals surface area contributed by atoms with Crippen molar-refractivity contribution in [2.75, 3.05) is 19.8 Å². The zero-order valence-corrected chi connectivity index (χ0v) is 13.3. The molecular weight excluding hydrogens is 314 g/mol. The third kappa shape index (κ3) is 2.82. The maximum atomic E-state index is 12.2. The van der Waals surface area contributed by atoms with Gasteiger partial charge in [0.05, 0.1) is 5.69 Å². The topological polar surface area (TPSA) is 114 Å². The zero-order valence-electron chi connectivity index (χ0n) is 11.7. The maximum Gasteiger partial charge on any atom is 0.343 e. The van der Waals surface area contributed by atoms with E-state index in [-0.39, 0.29) is 16.3 Å². The second-order valence-corrected chi connectivity index (χ2v) is 7.56. The van der Waals surface area contributed by atoms with Gasteiger partial charge in [0.25, 0.3) is 0 Å². The van der Waals surface area contributed by atoms with Crippen molar-refractivity contribution in [2.24, 2.45) is 7.05 Å². The van der Waals surface area contributed by atoms with Crippen LogP contribution in [0.15, 0.2) is 37.9 Å². The van der Waals surface area contributed by atoms with E-state index >= 15 is 0 Å². The van der Waals surface area contributed by atoms with Crippen LogP contribution >= 0.6 is 11.8 Å². The lowest BCUT2D eigenvalue weighted by Crippen LogP contribution is -2.23. The third-order valence-electron chi connectivity index (χ3n) is 2.82. The third-order valence-corrected chi connectivity index (χ3v) is 5.82. The van der Waals surface area contributed by atoms with Gasteiger partial charge in [0, 0.05) is 26.0 Å². The van der Waals surface area contributed by atoms with Crippen LogP contribution in [-0.4, -0.2) is 41.6 Å². The van der Waals surface area contributed by atoms with Crippen molar-refractivity contribution in [3.05, 3.63) is 28.7 Å². The average molecular weight is 329 g/mol. The first-order valence-electron chi connectivity index (χ1n) is 5.85. The SMILES string of the molecule is CN(C)S(=O)(=O)c1cccc(Sc2n[nH]c(=O)n2C)c1N. The number of benzene rings is 1. The maximum absolute atomic E-state index is 12.2. The van der Waals surface area contributed by atoms with E-state index in [0.717, 1.165) is 16.1 Å². The smallest absolute Gasteiger partial charge is 0.343 e. The first kappa shape index (κ1) is 15.6. The molecule has 0 saturated carbocycles. The van der Waals surface area contributed by atoms with Crippen LogP contribution in [0.25, 0.3) is 0 Å². The molecule has 0 unspecified atom stereocenters. The van der Waals surface area contributed by atoms with Crippen LogP contribution in [0, 0.1) is 0 Å². The molecule has 1 aromatic heterocycles. The van der Waals surface area contributed by atoms with E-state index in [2.05, 4.69) is 10.2 Å². The predicted molar refractivity (Wildman–Crippen MR) is 79.7 cm³/mol. The minimum Gasteiger partial charge on any atom is -0.397 e. The number of hydrogen-bond acceptors (Lipinski definition) is 6. The highest BCUT2D eigenvalue weighted by molar-refractivity contribution is 7.99. The van der Waals surface area contributed by atoms with Gasteiger partial charge in [-0.1, -0.05) is 6.07 Å². The van der Waals surface area contributed by atoms with Crippen LogP contribution in [0.1, 0.15) is 0 Å². The van der Waals surface area contributed by atoms with E-state index in [0.29, 0.717) is 10.1 Å². The number of para-hydroxylation sites is 1. The molecule has 0 saturated heterocycles. The molecule has 0 aliphatic rings. The Kier molecular flexibility index (Phi) is 4.12. The Morgan fingerprint density at radius 2 is 2.05 bits per heavy atom. The number of aromatic amines is 1. The summed E-state index contributed by atoms with van der Waals surface area (Å²) in [5.74, 6) is 0. The molecule has 1 heterocycles. The van der Waals surface area contributed by atoms with E-state index in [4.69, 9.17) is 5.73 Å². The van der Waals surface area contributed by atoms with Crippen molar-refractivity contribution in [3.8, 4) is 0 Å². The zero-order chi connectivity index (χ0) is 15.8. The minimum absolute atomic E-state index is 0.0260. The molecule has 0 fully saturated rings. The lowest BCUT2D eigenvalue weighted by Gasteiger charge is -2.15. The summed E-state index contributed by atoms with van der Waals surface area (Å²) in [6.45, 7) is 0. The van der Waals surface area contributed by atoms with Crippen molar-refractivity contribution in [2.45, 2.75) is 14.9 Å². The molecule has 0 aliphatic carbocycles. The fourth-order valence-electron chi connectivity index (χ4n) is 1.56. The van der Waals surface area contributed by atoms with Crippen LogP contribution in [0.5, 0.6) is 0 Å². The van der Waals surface area contributed by atoms with Gasteiger partial charge in [-0.25, -0.2) is 22.6 Å². The molecule has 0 atom stereocenters. The van der Waals surface area contributed by atoms with Gasteiger partial charge in [-0.15, -0.1) is 5.10 Å². The summed E-state index contributed by atoms with van der Waals surface area (Å²) in [5, 5.41) is 6.56. The van der Waals surface area contributed by atoms with Crippen molar-refractivity contribution >= 4 is 27.5 Å². The number of H-pyrrole nitrogens is 1. The van der Waals surface area contributed by atoms with Crippen molar-refractivity contribution in [3.63, 3.8) is 0 Å². The number of anilines is 1. The van der Waals surface area contributed by atoms with E-state index in [9.17, 15) is 13.2 Å². The lowest BCUT2D eigenvalue weighted by molar-refractivity contribution is 0.521. The van der Waals surface area contributed by atoms with E-state index < -0.39 is 10.0 Å². The van der Waals surface area contributed by atoms with Gasteiger partial charge in [0.2, 0.25) is 10.0 Å². The van der Waals surface area contributed by atoms with Gasteiger partial charge in [-0.2, -0.15) is 0 Å². The molecule has 0 spiro atoms. The number of hydrogen-bond donors (Lipinski definition) is 2. The highest BCUT2D eigenvalue weighted by Gasteiger charge is 2.22. The molecule has 1 aromatic carbocycles. The first-order chi connectivity index (χ1) is 9.75. The second kappa shape index (κ2) is 5.54. The Bertz CT molecular complexity index is 823. The van der Waals surface area contributed by atoms with Crippen molar-refractivity contribution in [1.29, 1.82) is 0 Å². The summed E-state index contributed by atoms with van der Waals surface area (Å²) < 4.78 is 26.8. The number of nitrogens with two attached hydrogens (primary N) is 1. The predicted octanol–water partition coefficient (Wildman–Crippen LogP) is 0.0921. The molecule has 0 amide bonds. The van der Waals surface area contributed by atoms with Crippen LogP contribution in [-0.2, 0) is 17.1 Å². The Labute approximate surface area is 126 Å². The molecule has 0 aliphatic heterocycles. The fraction of sp³-hybridized carbons (Fsp3) is 0.273. The summed E-state index contributed by atoms with van der Waals surface area (Å²) in [4.78, 5) is 11.9. The number of sulfonamides is 1. The molecule has 21 heavy (non-hydrogen) atoms. The summed E-state index contributed by atoms with van der Waals surface area (Å²) in [6.07, 6.45) is 0. The highest BCUT2D eigenvalue weighted by Crippen LogP contribution is 2.34. The molecule has 114 valence electrons. The van der Waals surface area contributed by atoms with Crippen molar-refractivity contribution in [1.82, 2.24) is 19.1 Å². The molecule has 0 bridgehead atoms. The molecule has 8 nitrogen and oxygen atoms in total. The largest absolute Gasteiger partial charge is 0.397 e. The number of nitrogen functional groups attached to an aromatic ring is 1. The molecule has 0 radical (unpaired) electrons. The second-order valence-electron chi connectivity index (χ2n) is 4.43. The van der Waals surface area contributed by atoms with Gasteiger partial charge >= 0.3 is 5.69 Å². The van der Waals surface area contributed by atoms with Crippen LogP contribution in [0.4, 0.5) is 5.69 Å². The molecule has 3 N–H and O–H groups in total. The van der Waals surface area contributed by atoms with Gasteiger partial charge in [-0.05, 0) is 23.9 Å². The summed E-state index contributed by atoms with van der Waals surface area (Å²) in [7, 11) is 0.804. The number of aromatic nitrogens is 3. The Balaban J connectivity index is 2.48. The Hall–Kier alpha value is -1.78. The fourth-order valence-corrected chi connectivity index (χ4v) is 3.53. The van der Waals surface area contributed by atoms with Crippen LogP contribution in [0.2, 0.25) is 0 Å². The van der Waals surface area contributed by atoms with E-state index in [1.54, 1.807) is 19.2 Å². The Morgan fingerprint density at radius 1 is 1.38 bits per heavy atom. The van der Waals surface area contributed by atoms with E-state index in [1.807, 2.05) is 0 Å². The summed E-state index contributed by atoms with van der Waals surface area (Å²) in [5.41, 5.74) is 5.74. The number of rotatable bonds is 4. The number of nitrogens with one attached hydrogen (secondary N) is 1. The van der Waals surface area contributed by atoms with Gasteiger partial charge in [-0.3, -0.25) is 4.57 Å². The summed E-state index contributed by atoms with van der Waals surface area (Å²) in [6, 6.07) is 4.71. The van der Waals surface area contributed by atoms with Crippen molar-refractivity contribution < 1.29 is 8.42 Å². The van der Waals surface area contributed by atoms with E-state index in [1.165, 1.54) is 24.7 Å². The quantitative estimate of drug-likeness (QED) is 0.769. The van der Waals surface area contributed by atoms with Crippen LogP contribution < -0.4 is 11.4 Å². The Morgan fingerprint density at radius 3 is 2.57 bits per heavy atom. The standard InChI is InChI=1S/C11H15N5O3S2/c1-15(2)21(18,19)8-6-4-5-7(9(8)12)20-11-14-13-10(17)16(11)3/h4-6H,12H2,1-3H3,(H,13,17). The van der Waals surface area contributed by atoms with Crippen LogP contribution in [0.3, 0.4) is 0 Å². The minimum atomic E-state index is -3.63. The summed E-state index contributed by atoms with van der Waals surface area (Å²) >= 11 is 1.12. The molecule has 2 aromatic rings. The lowest BCUT2D eigenvalue weighted by atomic mass is 10.3. The van der Waals surface area contributed by atoms with Gasteiger partial charge in [0.15, 0.2) is 5.16 Å². The highest BCUT2D eigenvalue weighted by atomic mass is 32.2. The monoisotopic (exact) mass is 329 g/mol. The first-order valence-corrected chi connectivity index (χ1v) is 8.11. The number of nitrogens with zero attached hydrogens (tertiary/aromatic N) is 3.